The lowest BCUT2D eigenvalue weighted by atomic mass is 10.1. The molecule has 0 radical (unpaired) electrons. The van der Waals surface area contributed by atoms with Crippen LogP contribution in [0.5, 0.6) is 0 Å². The fourth-order valence-electron chi connectivity index (χ4n) is 1.66. The molecule has 6 nitrogen and oxygen atoms in total. The molecule has 6 heteroatoms. The molecule has 1 aromatic carbocycles. The molecule has 1 aromatic rings. The van der Waals surface area contributed by atoms with Crippen LogP contribution in [0.1, 0.15) is 40.5 Å². The summed E-state index contributed by atoms with van der Waals surface area (Å²) in [5.41, 5.74) is 0.466. The minimum absolute atomic E-state index is 0.0413. The molecule has 0 unspecified atom stereocenters. The van der Waals surface area contributed by atoms with Gasteiger partial charge in [-0.3, -0.25) is 14.4 Å². The van der Waals surface area contributed by atoms with Crippen molar-refractivity contribution in [2.75, 3.05) is 0 Å². The van der Waals surface area contributed by atoms with E-state index in [0.29, 0.717) is 10.6 Å². The van der Waals surface area contributed by atoms with Gasteiger partial charge in [0.05, 0.1) is 5.56 Å². The van der Waals surface area contributed by atoms with Crippen LogP contribution in [-0.2, 0) is 14.4 Å². The van der Waals surface area contributed by atoms with Crippen molar-refractivity contribution in [3.63, 3.8) is 0 Å². The number of Topliss-reactive ketones (excluding diaryl/α,β-unsaturated/α-hetero) is 1. The second-order valence-corrected chi connectivity index (χ2v) is 4.10. The van der Waals surface area contributed by atoms with Crippen LogP contribution in [0.25, 0.3) is 0 Å². The molecule has 0 atom stereocenters. The summed E-state index contributed by atoms with van der Waals surface area (Å²) in [4.78, 5) is 50.3. The average molecular weight is 261 g/mol. The highest BCUT2D eigenvalue weighted by atomic mass is 16.7. The molecule has 1 aliphatic heterocycles. The van der Waals surface area contributed by atoms with E-state index in [1.165, 1.54) is 25.1 Å². The smallest absolute Gasteiger partial charge is 0.325 e. The van der Waals surface area contributed by atoms with Gasteiger partial charge in [0.1, 0.15) is 0 Å². The molecule has 1 aliphatic rings. The zero-order valence-corrected chi connectivity index (χ0v) is 10.2. The largest absolute Gasteiger partial charge is 0.363 e. The van der Waals surface area contributed by atoms with Gasteiger partial charge < -0.3 is 4.84 Å². The van der Waals surface area contributed by atoms with Crippen LogP contribution in [0, 0.1) is 0 Å². The molecule has 0 spiro atoms. The summed E-state index contributed by atoms with van der Waals surface area (Å²) in [6.07, 6.45) is 0.0825. The van der Waals surface area contributed by atoms with E-state index in [4.69, 9.17) is 4.84 Å². The van der Waals surface area contributed by atoms with Crippen molar-refractivity contribution < 1.29 is 24.0 Å². The number of hydroxylamine groups is 2. The first kappa shape index (κ1) is 12.9. The van der Waals surface area contributed by atoms with E-state index in [-0.39, 0.29) is 24.2 Å². The quantitative estimate of drug-likeness (QED) is 0.601. The van der Waals surface area contributed by atoms with Crippen molar-refractivity contribution in [3.8, 4) is 0 Å². The van der Waals surface area contributed by atoms with Crippen molar-refractivity contribution in [2.45, 2.75) is 19.8 Å². The highest BCUT2D eigenvalue weighted by Gasteiger charge is 2.33. The van der Waals surface area contributed by atoms with E-state index in [0.717, 1.165) is 0 Å². The van der Waals surface area contributed by atoms with Gasteiger partial charge in [-0.1, -0.05) is 12.1 Å². The van der Waals surface area contributed by atoms with Crippen LogP contribution in [0.15, 0.2) is 24.3 Å². The fourth-order valence-corrected chi connectivity index (χ4v) is 1.66. The summed E-state index contributed by atoms with van der Waals surface area (Å²) in [7, 11) is 0. The number of hydrogen-bond acceptors (Lipinski definition) is 5. The van der Waals surface area contributed by atoms with E-state index in [1.807, 2.05) is 0 Å². The zero-order valence-electron chi connectivity index (χ0n) is 10.2. The number of carbonyl (C=O) groups is 4. The average Bonchev–Trinajstić information content (AvgIpc) is 2.70. The van der Waals surface area contributed by atoms with Crippen LogP contribution in [-0.4, -0.2) is 28.6 Å². The van der Waals surface area contributed by atoms with E-state index in [9.17, 15) is 19.2 Å². The van der Waals surface area contributed by atoms with Gasteiger partial charge in [0.2, 0.25) is 0 Å². The molecule has 2 rings (SSSR count). The Morgan fingerprint density at radius 3 is 2.26 bits per heavy atom. The molecule has 0 saturated carbocycles. The van der Waals surface area contributed by atoms with Gasteiger partial charge in [-0.2, -0.15) is 0 Å². The van der Waals surface area contributed by atoms with Crippen molar-refractivity contribution >= 4 is 23.6 Å². The predicted molar refractivity (Wildman–Crippen MR) is 62.9 cm³/mol. The molecule has 0 aromatic heterocycles. The standard InChI is InChI=1S/C13H11NO5/c1-8(15)9-3-2-4-10(7-9)13(18)19-14-11(16)5-6-12(14)17/h2-4,7H,5-6H2,1H3. The van der Waals surface area contributed by atoms with Gasteiger partial charge in [0, 0.05) is 18.4 Å². The van der Waals surface area contributed by atoms with Crippen LogP contribution in [0.4, 0.5) is 0 Å². The third kappa shape index (κ3) is 2.67. The molecular formula is C13H11NO5. The maximum Gasteiger partial charge on any atom is 0.363 e. The number of nitrogens with zero attached hydrogens (tertiary/aromatic N) is 1. The molecule has 0 aliphatic carbocycles. The Balaban J connectivity index is 2.16. The number of amides is 2. The minimum Gasteiger partial charge on any atom is -0.325 e. The molecule has 0 N–H and O–H groups in total. The molecule has 1 saturated heterocycles. The fraction of sp³-hybridized carbons (Fsp3) is 0.231. The van der Waals surface area contributed by atoms with E-state index in [1.54, 1.807) is 6.07 Å². The Morgan fingerprint density at radius 1 is 1.11 bits per heavy atom. The van der Waals surface area contributed by atoms with E-state index >= 15 is 0 Å². The van der Waals surface area contributed by atoms with Crippen LogP contribution in [0.3, 0.4) is 0 Å². The number of carbonyl (C=O) groups excluding carboxylic acids is 4. The van der Waals surface area contributed by atoms with Gasteiger partial charge in [0.25, 0.3) is 11.8 Å². The molecule has 2 amide bonds. The third-order valence-electron chi connectivity index (χ3n) is 2.68. The number of ketones is 1. The van der Waals surface area contributed by atoms with Crippen molar-refractivity contribution in [3.05, 3.63) is 35.4 Å². The van der Waals surface area contributed by atoms with Gasteiger partial charge in [0.15, 0.2) is 5.78 Å². The minimum atomic E-state index is -0.841. The van der Waals surface area contributed by atoms with E-state index in [2.05, 4.69) is 0 Å². The predicted octanol–water partition coefficient (Wildman–Crippen LogP) is 1.11. The Kier molecular flexibility index (Phi) is 3.41. The monoisotopic (exact) mass is 261 g/mol. The Hall–Kier alpha value is -2.50. The number of hydrogen-bond donors (Lipinski definition) is 0. The van der Waals surface area contributed by atoms with Gasteiger partial charge in [-0.15, -0.1) is 5.06 Å². The number of benzene rings is 1. The SMILES string of the molecule is CC(=O)c1cccc(C(=O)ON2C(=O)CCC2=O)c1. The maximum atomic E-state index is 11.8. The number of imide groups is 1. The van der Waals surface area contributed by atoms with Crippen LogP contribution >= 0.6 is 0 Å². The first-order chi connectivity index (χ1) is 8.99. The second kappa shape index (κ2) is 5.01. The molecular weight excluding hydrogens is 250 g/mol. The molecule has 1 fully saturated rings. The first-order valence-electron chi connectivity index (χ1n) is 5.68. The number of rotatable bonds is 3. The summed E-state index contributed by atoms with van der Waals surface area (Å²) in [5, 5.41) is 0.475. The first-order valence-corrected chi connectivity index (χ1v) is 5.68. The van der Waals surface area contributed by atoms with Crippen molar-refractivity contribution in [2.24, 2.45) is 0 Å². The summed E-state index contributed by atoms with van der Waals surface area (Å²) < 4.78 is 0. The summed E-state index contributed by atoms with van der Waals surface area (Å²) in [6.45, 7) is 1.37. The van der Waals surface area contributed by atoms with Crippen molar-refractivity contribution in [1.29, 1.82) is 0 Å². The molecule has 0 bridgehead atoms. The Labute approximate surface area is 108 Å². The molecule has 98 valence electrons. The normalized spacial score (nSPS) is 14.7. The summed E-state index contributed by atoms with van der Waals surface area (Å²) in [5.74, 6) is -2.11. The molecule has 1 heterocycles. The second-order valence-electron chi connectivity index (χ2n) is 4.10. The summed E-state index contributed by atoms with van der Waals surface area (Å²) in [6, 6.07) is 5.89. The topological polar surface area (TPSA) is 80.8 Å². The lowest BCUT2D eigenvalue weighted by Crippen LogP contribution is -2.32. The Morgan fingerprint density at radius 2 is 1.68 bits per heavy atom. The zero-order chi connectivity index (χ0) is 14.0. The molecule has 19 heavy (non-hydrogen) atoms. The van der Waals surface area contributed by atoms with Crippen LogP contribution < -0.4 is 0 Å². The van der Waals surface area contributed by atoms with E-state index < -0.39 is 17.8 Å². The maximum absolute atomic E-state index is 11.8. The van der Waals surface area contributed by atoms with Crippen LogP contribution in [0.2, 0.25) is 0 Å². The van der Waals surface area contributed by atoms with Crippen molar-refractivity contribution in [1.82, 2.24) is 5.06 Å². The third-order valence-corrected chi connectivity index (χ3v) is 2.68. The highest BCUT2D eigenvalue weighted by Crippen LogP contribution is 2.15. The van der Waals surface area contributed by atoms with Gasteiger partial charge in [-0.25, -0.2) is 4.79 Å². The Bertz CT molecular complexity index is 562. The summed E-state index contributed by atoms with van der Waals surface area (Å²) >= 11 is 0. The lowest BCUT2D eigenvalue weighted by molar-refractivity contribution is -0.172. The van der Waals surface area contributed by atoms with Gasteiger partial charge >= 0.3 is 5.97 Å². The highest BCUT2D eigenvalue weighted by molar-refractivity contribution is 6.03. The lowest BCUT2D eigenvalue weighted by Gasteiger charge is -2.12. The van der Waals surface area contributed by atoms with Gasteiger partial charge in [-0.05, 0) is 19.1 Å².